The van der Waals surface area contributed by atoms with Gasteiger partial charge in [-0.05, 0) is 12.1 Å². The van der Waals surface area contributed by atoms with Crippen molar-refractivity contribution in [2.75, 3.05) is 6.54 Å². The first-order valence-corrected chi connectivity index (χ1v) is 5.59. The van der Waals surface area contributed by atoms with E-state index in [0.717, 1.165) is 6.07 Å². The molecule has 0 heterocycles. The number of Topliss-reactive ketones (excluding diaryl/α,β-unsaturated/α-hetero) is 1. The van der Waals surface area contributed by atoms with Crippen molar-refractivity contribution >= 4 is 11.7 Å². The van der Waals surface area contributed by atoms with Crippen molar-refractivity contribution in [1.82, 2.24) is 5.32 Å². The van der Waals surface area contributed by atoms with Crippen LogP contribution in [0.4, 0.5) is 13.2 Å². The van der Waals surface area contributed by atoms with Crippen LogP contribution in [0.25, 0.3) is 0 Å². The van der Waals surface area contributed by atoms with Gasteiger partial charge in [-0.2, -0.15) is 0 Å². The van der Waals surface area contributed by atoms with Crippen LogP contribution in [0.2, 0.25) is 0 Å². The maximum Gasteiger partial charge on any atom is 0.254 e. The zero-order valence-electron chi connectivity index (χ0n) is 10.8. The molecule has 1 aromatic rings. The molecule has 0 bridgehead atoms. The molecular formula is C13H14F3NO2. The molecule has 0 saturated carbocycles. The number of amides is 1. The first-order chi connectivity index (χ1) is 8.64. The zero-order chi connectivity index (χ0) is 14.8. The minimum Gasteiger partial charge on any atom is -0.345 e. The molecule has 0 saturated heterocycles. The Morgan fingerprint density at radius 3 is 2.21 bits per heavy atom. The third-order valence-corrected chi connectivity index (χ3v) is 2.53. The number of ketones is 1. The van der Waals surface area contributed by atoms with Crippen LogP contribution in [0.5, 0.6) is 0 Å². The smallest absolute Gasteiger partial charge is 0.254 e. The molecular weight excluding hydrogens is 259 g/mol. The van der Waals surface area contributed by atoms with E-state index < -0.39 is 34.3 Å². The lowest BCUT2D eigenvalue weighted by molar-refractivity contribution is -0.125. The topological polar surface area (TPSA) is 46.2 Å². The van der Waals surface area contributed by atoms with E-state index in [2.05, 4.69) is 5.32 Å². The number of rotatable bonds is 3. The molecule has 1 rings (SSSR count). The largest absolute Gasteiger partial charge is 0.345 e. The summed E-state index contributed by atoms with van der Waals surface area (Å²) in [6.07, 6.45) is 0. The minimum atomic E-state index is -1.71. The van der Waals surface area contributed by atoms with Crippen LogP contribution < -0.4 is 5.32 Å². The molecule has 0 aliphatic heterocycles. The Balaban J connectivity index is 2.81. The van der Waals surface area contributed by atoms with Gasteiger partial charge in [-0.1, -0.05) is 20.8 Å². The molecule has 19 heavy (non-hydrogen) atoms. The zero-order valence-corrected chi connectivity index (χ0v) is 10.8. The van der Waals surface area contributed by atoms with Crippen LogP contribution in [-0.2, 0) is 4.79 Å². The molecule has 0 spiro atoms. The fourth-order valence-corrected chi connectivity index (χ4v) is 1.22. The standard InChI is InChI=1S/C13H14F3NO2/c1-13(2,3)9(18)6-17-12(19)7-4-5-8(14)11(16)10(7)15/h4-5H,6H2,1-3H3,(H,17,19). The van der Waals surface area contributed by atoms with Crippen molar-refractivity contribution in [1.29, 1.82) is 0 Å². The summed E-state index contributed by atoms with van der Waals surface area (Å²) in [6, 6.07) is 1.48. The molecule has 1 N–H and O–H groups in total. The molecule has 0 radical (unpaired) electrons. The van der Waals surface area contributed by atoms with E-state index in [9.17, 15) is 22.8 Å². The normalized spacial score (nSPS) is 11.3. The highest BCUT2D eigenvalue weighted by atomic mass is 19.2. The molecule has 3 nitrogen and oxygen atoms in total. The quantitative estimate of drug-likeness (QED) is 0.860. The summed E-state index contributed by atoms with van der Waals surface area (Å²) >= 11 is 0. The Hall–Kier alpha value is -1.85. The fourth-order valence-electron chi connectivity index (χ4n) is 1.22. The van der Waals surface area contributed by atoms with Gasteiger partial charge in [0.25, 0.3) is 5.91 Å². The Morgan fingerprint density at radius 1 is 1.11 bits per heavy atom. The van der Waals surface area contributed by atoms with E-state index in [1.165, 1.54) is 0 Å². The summed E-state index contributed by atoms with van der Waals surface area (Å²) in [5.74, 6) is -5.88. The minimum absolute atomic E-state index is 0.260. The number of benzene rings is 1. The van der Waals surface area contributed by atoms with Gasteiger partial charge in [-0.25, -0.2) is 13.2 Å². The number of carbonyl (C=O) groups is 2. The van der Waals surface area contributed by atoms with Gasteiger partial charge in [-0.15, -0.1) is 0 Å². The Kier molecular flexibility index (Phi) is 4.34. The summed E-state index contributed by atoms with van der Waals surface area (Å²) in [5, 5.41) is 2.18. The molecule has 0 aromatic heterocycles. The Morgan fingerprint density at radius 2 is 1.68 bits per heavy atom. The van der Waals surface area contributed by atoms with Gasteiger partial charge in [0, 0.05) is 5.41 Å². The van der Waals surface area contributed by atoms with Crippen LogP contribution in [0.3, 0.4) is 0 Å². The van der Waals surface area contributed by atoms with Crippen molar-refractivity contribution in [3.05, 3.63) is 35.1 Å². The second-order valence-corrected chi connectivity index (χ2v) is 5.08. The maximum atomic E-state index is 13.3. The van der Waals surface area contributed by atoms with E-state index in [1.807, 2.05) is 0 Å². The van der Waals surface area contributed by atoms with Gasteiger partial charge in [0.05, 0.1) is 12.1 Å². The van der Waals surface area contributed by atoms with Crippen molar-refractivity contribution in [3.8, 4) is 0 Å². The van der Waals surface area contributed by atoms with Crippen molar-refractivity contribution in [2.45, 2.75) is 20.8 Å². The van der Waals surface area contributed by atoms with Crippen LogP contribution in [0, 0.1) is 22.9 Å². The van der Waals surface area contributed by atoms with Gasteiger partial charge < -0.3 is 5.32 Å². The number of halogens is 3. The lowest BCUT2D eigenvalue weighted by atomic mass is 9.91. The lowest BCUT2D eigenvalue weighted by Crippen LogP contribution is -2.35. The second kappa shape index (κ2) is 5.42. The Labute approximate surface area is 108 Å². The number of hydrogen-bond donors (Lipinski definition) is 1. The van der Waals surface area contributed by atoms with E-state index in [4.69, 9.17) is 0 Å². The van der Waals surface area contributed by atoms with Crippen LogP contribution >= 0.6 is 0 Å². The van der Waals surface area contributed by atoms with Gasteiger partial charge in [-0.3, -0.25) is 9.59 Å². The second-order valence-electron chi connectivity index (χ2n) is 5.08. The molecule has 104 valence electrons. The van der Waals surface area contributed by atoms with E-state index in [1.54, 1.807) is 20.8 Å². The average molecular weight is 273 g/mol. The summed E-state index contributed by atoms with van der Waals surface area (Å²) in [4.78, 5) is 23.1. The molecule has 0 aliphatic rings. The summed E-state index contributed by atoms with van der Waals surface area (Å²) in [5.41, 5.74) is -1.29. The van der Waals surface area contributed by atoms with Crippen LogP contribution in [0.1, 0.15) is 31.1 Å². The third kappa shape index (κ3) is 3.56. The maximum absolute atomic E-state index is 13.3. The summed E-state index contributed by atoms with van der Waals surface area (Å²) in [6.45, 7) is 4.69. The highest BCUT2D eigenvalue weighted by molar-refractivity contribution is 5.97. The number of nitrogens with one attached hydrogen (secondary N) is 1. The molecule has 0 unspecified atom stereocenters. The molecule has 1 amide bonds. The summed E-state index contributed by atoms with van der Waals surface area (Å²) < 4.78 is 38.9. The van der Waals surface area contributed by atoms with Crippen molar-refractivity contribution in [2.24, 2.45) is 5.41 Å². The predicted molar refractivity (Wildman–Crippen MR) is 63.1 cm³/mol. The Bertz CT molecular complexity index is 521. The van der Waals surface area contributed by atoms with Gasteiger partial charge in [0.2, 0.25) is 0 Å². The van der Waals surface area contributed by atoms with E-state index in [-0.39, 0.29) is 12.3 Å². The van der Waals surface area contributed by atoms with Crippen LogP contribution in [0.15, 0.2) is 12.1 Å². The predicted octanol–water partition coefficient (Wildman–Crippen LogP) is 2.45. The van der Waals surface area contributed by atoms with E-state index >= 15 is 0 Å². The molecule has 0 atom stereocenters. The fraction of sp³-hybridized carbons (Fsp3) is 0.385. The van der Waals surface area contributed by atoms with Crippen LogP contribution in [-0.4, -0.2) is 18.2 Å². The van der Waals surface area contributed by atoms with Crippen molar-refractivity contribution in [3.63, 3.8) is 0 Å². The van der Waals surface area contributed by atoms with Gasteiger partial charge in [0.1, 0.15) is 0 Å². The van der Waals surface area contributed by atoms with Crippen molar-refractivity contribution < 1.29 is 22.8 Å². The number of carbonyl (C=O) groups excluding carboxylic acids is 2. The monoisotopic (exact) mass is 273 g/mol. The van der Waals surface area contributed by atoms with E-state index in [0.29, 0.717) is 6.07 Å². The highest BCUT2D eigenvalue weighted by Crippen LogP contribution is 2.16. The first-order valence-electron chi connectivity index (χ1n) is 5.59. The van der Waals surface area contributed by atoms with Gasteiger partial charge >= 0.3 is 0 Å². The number of hydrogen-bond acceptors (Lipinski definition) is 2. The first kappa shape index (κ1) is 15.2. The third-order valence-electron chi connectivity index (χ3n) is 2.53. The molecule has 0 fully saturated rings. The summed E-state index contributed by atoms with van der Waals surface area (Å²) in [7, 11) is 0. The molecule has 0 aliphatic carbocycles. The lowest BCUT2D eigenvalue weighted by Gasteiger charge is -2.16. The molecule has 6 heteroatoms. The van der Waals surface area contributed by atoms with Gasteiger partial charge in [0.15, 0.2) is 23.2 Å². The SMILES string of the molecule is CC(C)(C)C(=O)CNC(=O)c1ccc(F)c(F)c1F. The average Bonchev–Trinajstić information content (AvgIpc) is 2.31. The highest BCUT2D eigenvalue weighted by Gasteiger charge is 2.23. The molecule has 1 aromatic carbocycles.